The lowest BCUT2D eigenvalue weighted by molar-refractivity contribution is 0.0996. The van der Waals surface area contributed by atoms with Crippen LogP contribution in [0.4, 0.5) is 0 Å². The molecule has 0 heterocycles. The summed E-state index contributed by atoms with van der Waals surface area (Å²) in [5.41, 5.74) is 10.3. The summed E-state index contributed by atoms with van der Waals surface area (Å²) in [6.07, 6.45) is 1.27. The van der Waals surface area contributed by atoms with Crippen LogP contribution in [0.15, 0.2) is 42.5 Å². The molecular formula is C22H30N2O2. The molecular weight excluding hydrogens is 324 g/mol. The number of fused-ring (bicyclic) bond motifs is 1. The Morgan fingerprint density at radius 3 is 2.54 bits per heavy atom. The van der Waals surface area contributed by atoms with Crippen LogP contribution in [0.1, 0.15) is 55.5 Å². The summed E-state index contributed by atoms with van der Waals surface area (Å²) in [4.78, 5) is 0. The number of nitrogens with one attached hydrogen (secondary N) is 1. The van der Waals surface area contributed by atoms with Crippen molar-refractivity contribution in [3.05, 3.63) is 64.7 Å². The highest BCUT2D eigenvalue weighted by molar-refractivity contribution is 5.48. The zero-order valence-corrected chi connectivity index (χ0v) is 16.0. The third-order valence-electron chi connectivity index (χ3n) is 4.89. The Hall–Kier alpha value is -1.88. The number of ether oxygens (including phenoxy) is 1. The van der Waals surface area contributed by atoms with Crippen LogP contribution >= 0.6 is 0 Å². The van der Waals surface area contributed by atoms with E-state index in [0.717, 1.165) is 40.8 Å². The van der Waals surface area contributed by atoms with Crippen LogP contribution in [-0.2, 0) is 19.6 Å². The summed E-state index contributed by atoms with van der Waals surface area (Å²) in [6.45, 7) is 7.31. The molecule has 26 heavy (non-hydrogen) atoms. The largest absolute Gasteiger partial charge is 0.489 e. The van der Waals surface area contributed by atoms with Crippen LogP contribution in [0, 0.1) is 0 Å². The van der Waals surface area contributed by atoms with Crippen LogP contribution in [-0.4, -0.2) is 16.7 Å². The van der Waals surface area contributed by atoms with Crippen molar-refractivity contribution >= 4 is 0 Å². The van der Waals surface area contributed by atoms with Gasteiger partial charge in [0.1, 0.15) is 12.4 Å². The molecule has 4 nitrogen and oxygen atoms in total. The second kappa shape index (κ2) is 7.78. The predicted octanol–water partition coefficient (Wildman–Crippen LogP) is 3.46. The van der Waals surface area contributed by atoms with E-state index in [2.05, 4.69) is 26.1 Å². The molecule has 0 spiro atoms. The second-order valence-electron chi connectivity index (χ2n) is 8.07. The van der Waals surface area contributed by atoms with E-state index < -0.39 is 6.10 Å². The van der Waals surface area contributed by atoms with Crippen molar-refractivity contribution in [1.29, 1.82) is 0 Å². The molecule has 0 radical (unpaired) electrons. The van der Waals surface area contributed by atoms with Gasteiger partial charge in [0, 0.05) is 23.7 Å². The molecule has 3 rings (SSSR count). The van der Waals surface area contributed by atoms with Gasteiger partial charge in [0.2, 0.25) is 0 Å². The number of benzene rings is 2. The molecule has 0 fully saturated rings. The summed E-state index contributed by atoms with van der Waals surface area (Å²) in [5.74, 6) is 0.824. The van der Waals surface area contributed by atoms with Crippen LogP contribution in [0.25, 0.3) is 0 Å². The third-order valence-corrected chi connectivity index (χ3v) is 4.89. The van der Waals surface area contributed by atoms with Crippen molar-refractivity contribution < 1.29 is 9.84 Å². The maximum absolute atomic E-state index is 10.9. The molecule has 2 aromatic carbocycles. The van der Waals surface area contributed by atoms with Crippen molar-refractivity contribution in [2.45, 2.75) is 64.4 Å². The van der Waals surface area contributed by atoms with E-state index in [0.29, 0.717) is 13.2 Å². The molecule has 0 saturated carbocycles. The average molecular weight is 354 g/mol. The summed E-state index contributed by atoms with van der Waals surface area (Å²) >= 11 is 0. The van der Waals surface area contributed by atoms with Crippen molar-refractivity contribution in [1.82, 2.24) is 5.32 Å². The lowest BCUT2D eigenvalue weighted by atomic mass is 9.82. The summed E-state index contributed by atoms with van der Waals surface area (Å²) < 4.78 is 6.05. The maximum atomic E-state index is 10.9. The summed E-state index contributed by atoms with van der Waals surface area (Å²) in [7, 11) is 0. The molecule has 2 aromatic rings. The molecule has 2 atom stereocenters. The Bertz CT molecular complexity index is 738. The van der Waals surface area contributed by atoms with Gasteiger partial charge in [-0.1, -0.05) is 36.4 Å². The standard InChI is InChI=1S/C22H30N2O2/c1-22(2,3)24-19-11-9-16-17(21(19)25)10-12-20(18(16)13-23)26-14-15-7-5-4-6-8-15/h4-8,10,12,19,21,24-25H,9,11,13-14,23H2,1-3H3. The maximum Gasteiger partial charge on any atom is 0.124 e. The predicted molar refractivity (Wildman–Crippen MR) is 105 cm³/mol. The zero-order valence-electron chi connectivity index (χ0n) is 16.0. The molecule has 140 valence electrons. The number of nitrogens with two attached hydrogens (primary N) is 1. The smallest absolute Gasteiger partial charge is 0.124 e. The molecule has 0 aliphatic heterocycles. The first-order chi connectivity index (χ1) is 12.4. The van der Waals surface area contributed by atoms with Gasteiger partial charge in [-0.15, -0.1) is 0 Å². The topological polar surface area (TPSA) is 67.5 Å². The molecule has 0 saturated heterocycles. The van der Waals surface area contributed by atoms with Gasteiger partial charge < -0.3 is 20.9 Å². The highest BCUT2D eigenvalue weighted by Crippen LogP contribution is 2.37. The van der Waals surface area contributed by atoms with Gasteiger partial charge in [0.15, 0.2) is 0 Å². The average Bonchev–Trinajstić information content (AvgIpc) is 2.61. The molecule has 0 aromatic heterocycles. The molecule has 1 aliphatic rings. The van der Waals surface area contributed by atoms with Crippen LogP contribution < -0.4 is 15.8 Å². The van der Waals surface area contributed by atoms with Crippen molar-refractivity contribution in [2.75, 3.05) is 0 Å². The fourth-order valence-electron chi connectivity index (χ4n) is 3.74. The quantitative estimate of drug-likeness (QED) is 0.769. The van der Waals surface area contributed by atoms with E-state index in [1.54, 1.807) is 0 Å². The normalized spacial score (nSPS) is 19.9. The fourth-order valence-corrected chi connectivity index (χ4v) is 3.74. The number of aliphatic hydroxyl groups is 1. The van der Waals surface area contributed by atoms with Gasteiger partial charge in [-0.2, -0.15) is 0 Å². The van der Waals surface area contributed by atoms with E-state index in [-0.39, 0.29) is 11.6 Å². The monoisotopic (exact) mass is 354 g/mol. The molecule has 4 N–H and O–H groups in total. The first-order valence-electron chi connectivity index (χ1n) is 9.36. The first kappa shape index (κ1) is 18.9. The molecule has 0 bridgehead atoms. The Kier molecular flexibility index (Phi) is 5.66. The SMILES string of the molecule is CC(C)(C)NC1CCc2c(ccc(OCc3ccccc3)c2CN)C1O. The number of rotatable bonds is 5. The molecule has 4 heteroatoms. The number of hydrogen-bond donors (Lipinski definition) is 3. The van der Waals surface area contributed by atoms with E-state index in [1.165, 1.54) is 0 Å². The summed E-state index contributed by atoms with van der Waals surface area (Å²) in [5, 5.41) is 14.4. The molecule has 1 aliphatic carbocycles. The molecule has 0 amide bonds. The first-order valence-corrected chi connectivity index (χ1v) is 9.36. The zero-order chi connectivity index (χ0) is 18.7. The van der Waals surface area contributed by atoms with Gasteiger partial charge in [0.25, 0.3) is 0 Å². The van der Waals surface area contributed by atoms with Gasteiger partial charge in [-0.05, 0) is 56.4 Å². The van der Waals surface area contributed by atoms with Gasteiger partial charge in [-0.3, -0.25) is 0 Å². The Balaban J connectivity index is 1.81. The van der Waals surface area contributed by atoms with Crippen molar-refractivity contribution in [3.63, 3.8) is 0 Å². The Morgan fingerprint density at radius 2 is 1.88 bits per heavy atom. The highest BCUT2D eigenvalue weighted by Gasteiger charge is 2.32. The van der Waals surface area contributed by atoms with E-state index in [1.807, 2.05) is 42.5 Å². The van der Waals surface area contributed by atoms with Crippen molar-refractivity contribution in [3.8, 4) is 5.75 Å². The summed E-state index contributed by atoms with van der Waals surface area (Å²) in [6, 6.07) is 14.1. The second-order valence-corrected chi connectivity index (χ2v) is 8.07. The lowest BCUT2D eigenvalue weighted by Gasteiger charge is -2.37. The Morgan fingerprint density at radius 1 is 1.15 bits per heavy atom. The van der Waals surface area contributed by atoms with Crippen LogP contribution in [0.2, 0.25) is 0 Å². The fraction of sp³-hybridized carbons (Fsp3) is 0.455. The van der Waals surface area contributed by atoms with Gasteiger partial charge in [-0.25, -0.2) is 0 Å². The lowest BCUT2D eigenvalue weighted by Crippen LogP contribution is -2.48. The van der Waals surface area contributed by atoms with Crippen molar-refractivity contribution in [2.24, 2.45) is 5.73 Å². The van der Waals surface area contributed by atoms with Gasteiger partial charge >= 0.3 is 0 Å². The highest BCUT2D eigenvalue weighted by atomic mass is 16.5. The minimum atomic E-state index is -0.522. The van der Waals surface area contributed by atoms with Crippen LogP contribution in [0.3, 0.4) is 0 Å². The minimum absolute atomic E-state index is 0.0292. The molecule has 2 unspecified atom stereocenters. The Labute approximate surface area is 156 Å². The number of aliphatic hydroxyl groups excluding tert-OH is 1. The van der Waals surface area contributed by atoms with E-state index in [4.69, 9.17) is 10.5 Å². The van der Waals surface area contributed by atoms with Gasteiger partial charge in [0.05, 0.1) is 6.10 Å². The minimum Gasteiger partial charge on any atom is -0.489 e. The van der Waals surface area contributed by atoms with E-state index >= 15 is 0 Å². The van der Waals surface area contributed by atoms with E-state index in [9.17, 15) is 5.11 Å². The van der Waals surface area contributed by atoms with Crippen LogP contribution in [0.5, 0.6) is 5.75 Å². The third kappa shape index (κ3) is 4.26. The number of hydrogen-bond acceptors (Lipinski definition) is 4.